The van der Waals surface area contributed by atoms with E-state index in [1.54, 1.807) is 22.6 Å². The number of carbonyl (C=O) groups excluding carboxylic acids is 1. The van der Waals surface area contributed by atoms with Crippen LogP contribution in [0.3, 0.4) is 0 Å². The SMILES string of the molecule is O=CNc1c(Br)cc(OC(F)(F)F)cc1I. The number of amides is 1. The van der Waals surface area contributed by atoms with Gasteiger partial charge in [0.15, 0.2) is 0 Å². The first kappa shape index (κ1) is 13.6. The van der Waals surface area contributed by atoms with Gasteiger partial charge in [0, 0.05) is 8.04 Å². The zero-order valence-electron chi connectivity index (χ0n) is 7.44. The van der Waals surface area contributed by atoms with Crippen LogP contribution in [0.4, 0.5) is 18.9 Å². The molecule has 0 unspecified atom stereocenters. The largest absolute Gasteiger partial charge is 0.573 e. The molecule has 0 saturated heterocycles. The number of halogens is 5. The van der Waals surface area contributed by atoms with Crippen molar-refractivity contribution >= 4 is 50.6 Å². The van der Waals surface area contributed by atoms with Crippen LogP contribution in [0.5, 0.6) is 5.75 Å². The van der Waals surface area contributed by atoms with E-state index in [4.69, 9.17) is 0 Å². The Morgan fingerprint density at radius 1 is 1.44 bits per heavy atom. The van der Waals surface area contributed by atoms with Gasteiger partial charge in [0.05, 0.1) is 5.69 Å². The van der Waals surface area contributed by atoms with Crippen molar-refractivity contribution in [2.24, 2.45) is 0 Å². The Morgan fingerprint density at radius 3 is 2.50 bits per heavy atom. The van der Waals surface area contributed by atoms with Crippen molar-refractivity contribution in [2.75, 3.05) is 5.32 Å². The van der Waals surface area contributed by atoms with Gasteiger partial charge in [0.1, 0.15) is 5.75 Å². The molecule has 0 bridgehead atoms. The Morgan fingerprint density at radius 2 is 2.06 bits per heavy atom. The summed E-state index contributed by atoms with van der Waals surface area (Å²) in [5, 5.41) is 2.36. The second-order valence-electron chi connectivity index (χ2n) is 2.57. The Labute approximate surface area is 111 Å². The van der Waals surface area contributed by atoms with Crippen LogP contribution in [-0.2, 0) is 4.79 Å². The molecule has 3 nitrogen and oxygen atoms in total. The summed E-state index contributed by atoms with van der Waals surface area (Å²) in [6.45, 7) is 0. The summed E-state index contributed by atoms with van der Waals surface area (Å²) in [6, 6.07) is 2.30. The predicted octanol–water partition coefficient (Wildman–Crippen LogP) is 3.52. The summed E-state index contributed by atoms with van der Waals surface area (Å²) < 4.78 is 40.3. The van der Waals surface area contributed by atoms with Crippen molar-refractivity contribution in [2.45, 2.75) is 6.36 Å². The number of rotatable bonds is 3. The van der Waals surface area contributed by atoms with Gasteiger partial charge in [-0.1, -0.05) is 0 Å². The van der Waals surface area contributed by atoms with Crippen LogP contribution in [0.25, 0.3) is 0 Å². The first-order chi connectivity index (χ1) is 7.33. The Hall–Kier alpha value is -0.510. The molecule has 1 aromatic rings. The molecule has 0 atom stereocenters. The molecule has 1 amide bonds. The number of hydrogen-bond donors (Lipinski definition) is 1. The van der Waals surface area contributed by atoms with Gasteiger partial charge in [-0.05, 0) is 50.7 Å². The summed E-state index contributed by atoms with van der Waals surface area (Å²) in [4.78, 5) is 10.2. The highest BCUT2D eigenvalue weighted by Gasteiger charge is 2.31. The van der Waals surface area contributed by atoms with Crippen molar-refractivity contribution in [3.63, 3.8) is 0 Å². The van der Waals surface area contributed by atoms with Crippen molar-refractivity contribution in [1.29, 1.82) is 0 Å². The summed E-state index contributed by atoms with van der Waals surface area (Å²) in [5.74, 6) is -0.347. The van der Waals surface area contributed by atoms with Crippen LogP contribution in [0.15, 0.2) is 16.6 Å². The molecule has 0 fully saturated rings. The lowest BCUT2D eigenvalue weighted by atomic mass is 10.3. The van der Waals surface area contributed by atoms with Crippen molar-refractivity contribution in [1.82, 2.24) is 0 Å². The molecule has 1 rings (SSSR count). The van der Waals surface area contributed by atoms with E-state index in [1.807, 2.05) is 0 Å². The van der Waals surface area contributed by atoms with E-state index in [0.29, 0.717) is 20.1 Å². The topological polar surface area (TPSA) is 38.3 Å². The number of ether oxygens (including phenoxy) is 1. The molecule has 0 heterocycles. The van der Waals surface area contributed by atoms with Crippen molar-refractivity contribution < 1.29 is 22.7 Å². The Balaban J connectivity index is 3.04. The molecule has 0 aliphatic rings. The smallest absolute Gasteiger partial charge is 0.406 e. The van der Waals surface area contributed by atoms with Crippen LogP contribution >= 0.6 is 38.5 Å². The molecule has 0 saturated carbocycles. The fourth-order valence-electron chi connectivity index (χ4n) is 0.939. The van der Waals surface area contributed by atoms with Crippen LogP contribution in [0, 0.1) is 3.57 Å². The van der Waals surface area contributed by atoms with E-state index in [1.165, 1.54) is 6.07 Å². The fourth-order valence-corrected chi connectivity index (χ4v) is 2.62. The molecule has 0 radical (unpaired) electrons. The molecule has 1 aromatic carbocycles. The number of hydrogen-bond acceptors (Lipinski definition) is 2. The van der Waals surface area contributed by atoms with Gasteiger partial charge in [-0.3, -0.25) is 4.79 Å². The minimum atomic E-state index is -4.73. The minimum absolute atomic E-state index is 0.311. The number of alkyl halides is 3. The van der Waals surface area contributed by atoms with Gasteiger partial charge >= 0.3 is 6.36 Å². The molecule has 0 aromatic heterocycles. The second kappa shape index (κ2) is 5.21. The van der Waals surface area contributed by atoms with Crippen molar-refractivity contribution in [3.8, 4) is 5.75 Å². The van der Waals surface area contributed by atoms with Gasteiger partial charge in [0.2, 0.25) is 6.41 Å². The number of benzene rings is 1. The number of nitrogens with one attached hydrogen (secondary N) is 1. The van der Waals surface area contributed by atoms with Crippen LogP contribution in [-0.4, -0.2) is 12.8 Å². The third-order valence-electron chi connectivity index (χ3n) is 1.45. The molecule has 0 aliphatic carbocycles. The maximum Gasteiger partial charge on any atom is 0.573 e. The zero-order valence-corrected chi connectivity index (χ0v) is 11.2. The number of anilines is 1. The monoisotopic (exact) mass is 409 g/mol. The maximum absolute atomic E-state index is 11.9. The van der Waals surface area contributed by atoms with Crippen LogP contribution in [0.2, 0.25) is 0 Å². The van der Waals surface area contributed by atoms with Gasteiger partial charge < -0.3 is 10.1 Å². The highest BCUT2D eigenvalue weighted by molar-refractivity contribution is 14.1. The molecular weight excluding hydrogens is 406 g/mol. The highest BCUT2D eigenvalue weighted by atomic mass is 127. The Kier molecular flexibility index (Phi) is 4.42. The summed E-state index contributed by atoms with van der Waals surface area (Å²) in [7, 11) is 0. The predicted molar refractivity (Wildman–Crippen MR) is 63.2 cm³/mol. The van der Waals surface area contributed by atoms with E-state index in [2.05, 4.69) is 26.0 Å². The molecule has 0 spiro atoms. The molecule has 0 aliphatic heterocycles. The van der Waals surface area contributed by atoms with E-state index < -0.39 is 6.36 Å². The lowest BCUT2D eigenvalue weighted by molar-refractivity contribution is -0.274. The summed E-state index contributed by atoms with van der Waals surface area (Å²) >= 11 is 4.82. The fraction of sp³-hybridized carbons (Fsp3) is 0.125. The van der Waals surface area contributed by atoms with E-state index >= 15 is 0 Å². The van der Waals surface area contributed by atoms with Crippen LogP contribution in [0.1, 0.15) is 0 Å². The van der Waals surface area contributed by atoms with Gasteiger partial charge in [-0.2, -0.15) is 0 Å². The quantitative estimate of drug-likeness (QED) is 0.612. The Bertz CT molecular complexity index is 388. The van der Waals surface area contributed by atoms with Gasteiger partial charge in [-0.15, -0.1) is 13.2 Å². The summed E-state index contributed by atoms with van der Waals surface area (Å²) in [5.41, 5.74) is 0.394. The van der Waals surface area contributed by atoms with Crippen molar-refractivity contribution in [3.05, 3.63) is 20.2 Å². The summed E-state index contributed by atoms with van der Waals surface area (Å²) in [6.07, 6.45) is -4.30. The lowest BCUT2D eigenvalue weighted by Crippen LogP contribution is -2.17. The van der Waals surface area contributed by atoms with Gasteiger partial charge in [0.25, 0.3) is 0 Å². The molecular formula is C8H4BrF3INO2. The highest BCUT2D eigenvalue weighted by Crippen LogP contribution is 2.34. The third-order valence-corrected chi connectivity index (χ3v) is 2.93. The average molecular weight is 410 g/mol. The molecule has 88 valence electrons. The third kappa shape index (κ3) is 3.81. The molecule has 1 N–H and O–H groups in total. The second-order valence-corrected chi connectivity index (χ2v) is 4.59. The molecule has 8 heteroatoms. The van der Waals surface area contributed by atoms with E-state index in [-0.39, 0.29) is 5.75 Å². The lowest BCUT2D eigenvalue weighted by Gasteiger charge is -2.12. The molecule has 16 heavy (non-hydrogen) atoms. The van der Waals surface area contributed by atoms with Crippen LogP contribution < -0.4 is 10.1 Å². The first-order valence-electron chi connectivity index (χ1n) is 3.78. The average Bonchev–Trinajstić information content (AvgIpc) is 2.08. The minimum Gasteiger partial charge on any atom is -0.406 e. The first-order valence-corrected chi connectivity index (χ1v) is 5.65. The maximum atomic E-state index is 11.9. The number of carbonyl (C=O) groups is 1. The van der Waals surface area contributed by atoms with E-state index in [9.17, 15) is 18.0 Å². The zero-order chi connectivity index (χ0) is 12.3. The van der Waals surface area contributed by atoms with Gasteiger partial charge in [-0.25, -0.2) is 0 Å². The normalized spacial score (nSPS) is 11.1. The van der Waals surface area contributed by atoms with E-state index in [0.717, 1.165) is 6.07 Å². The standard InChI is InChI=1S/C8H4BrF3INO2/c9-5-1-4(16-8(10,11)12)2-6(13)7(5)14-3-15/h1-3H,(H,14,15).